The van der Waals surface area contributed by atoms with E-state index in [9.17, 15) is 14.3 Å². The standard InChI is InChI=1S/C23H25FN8O2/c1-13(2)30-20-17(22(33)27-11-19(24)23(3,4)34)10-28-31-12-16(6-18(20)31)32-21-15(9-29-32)5-14(7-25)8-26-21/h5-6,8-10,12-13,19,30,34H,11H2,1-4H3,(H,27,33). The van der Waals surface area contributed by atoms with Gasteiger partial charge in [-0.05, 0) is 39.8 Å². The number of pyridine rings is 1. The minimum absolute atomic E-state index is 0.00185. The molecule has 0 aliphatic heterocycles. The molecule has 1 unspecified atom stereocenters. The summed E-state index contributed by atoms with van der Waals surface area (Å²) in [6.07, 6.45) is 4.64. The topological polar surface area (TPSA) is 133 Å². The van der Waals surface area contributed by atoms with Crippen molar-refractivity contribution in [3.05, 3.63) is 48.0 Å². The van der Waals surface area contributed by atoms with Gasteiger partial charge in [-0.2, -0.15) is 15.5 Å². The van der Waals surface area contributed by atoms with E-state index in [1.807, 2.05) is 19.9 Å². The third kappa shape index (κ3) is 4.40. The van der Waals surface area contributed by atoms with Gasteiger partial charge in [0.1, 0.15) is 12.2 Å². The second kappa shape index (κ2) is 8.72. The van der Waals surface area contributed by atoms with Gasteiger partial charge in [0.2, 0.25) is 0 Å². The van der Waals surface area contributed by atoms with E-state index < -0.39 is 17.7 Å². The highest BCUT2D eigenvalue weighted by molar-refractivity contribution is 6.03. The lowest BCUT2D eigenvalue weighted by molar-refractivity contribution is -0.00177. The van der Waals surface area contributed by atoms with Gasteiger partial charge in [-0.25, -0.2) is 18.6 Å². The van der Waals surface area contributed by atoms with Crippen molar-refractivity contribution < 1.29 is 14.3 Å². The number of halogens is 1. The zero-order valence-corrected chi connectivity index (χ0v) is 19.2. The molecule has 0 fully saturated rings. The van der Waals surface area contributed by atoms with Crippen LogP contribution in [0.25, 0.3) is 22.2 Å². The number of nitriles is 1. The van der Waals surface area contributed by atoms with Crippen LogP contribution in [0.15, 0.2) is 36.9 Å². The number of nitrogens with zero attached hydrogens (tertiary/aromatic N) is 6. The van der Waals surface area contributed by atoms with Crippen LogP contribution in [0.3, 0.4) is 0 Å². The van der Waals surface area contributed by atoms with Crippen LogP contribution in [0.2, 0.25) is 0 Å². The second-order valence-electron chi connectivity index (χ2n) is 8.90. The molecule has 0 saturated heterocycles. The van der Waals surface area contributed by atoms with E-state index >= 15 is 0 Å². The summed E-state index contributed by atoms with van der Waals surface area (Å²) in [7, 11) is 0. The third-order valence-electron chi connectivity index (χ3n) is 5.29. The van der Waals surface area contributed by atoms with Crippen LogP contribution >= 0.6 is 0 Å². The Balaban J connectivity index is 1.74. The first-order valence-electron chi connectivity index (χ1n) is 10.8. The van der Waals surface area contributed by atoms with Crippen molar-refractivity contribution in [3.8, 4) is 11.8 Å². The summed E-state index contributed by atoms with van der Waals surface area (Å²) in [4.78, 5) is 17.2. The first kappa shape index (κ1) is 23.1. The van der Waals surface area contributed by atoms with E-state index in [0.717, 1.165) is 5.39 Å². The van der Waals surface area contributed by atoms with Crippen molar-refractivity contribution in [2.24, 2.45) is 0 Å². The summed E-state index contributed by atoms with van der Waals surface area (Å²) in [5.74, 6) is -0.511. The normalized spacial score (nSPS) is 12.8. The van der Waals surface area contributed by atoms with Crippen LogP contribution < -0.4 is 10.6 Å². The summed E-state index contributed by atoms with van der Waals surface area (Å²) in [6.45, 7) is 6.23. The highest BCUT2D eigenvalue weighted by Crippen LogP contribution is 2.27. The summed E-state index contributed by atoms with van der Waals surface area (Å²) in [5, 5.41) is 34.2. The molecule has 1 amide bonds. The quantitative estimate of drug-likeness (QED) is 0.383. The van der Waals surface area contributed by atoms with Crippen molar-refractivity contribution in [1.29, 1.82) is 5.26 Å². The van der Waals surface area contributed by atoms with Crippen LogP contribution in [0.1, 0.15) is 43.6 Å². The van der Waals surface area contributed by atoms with E-state index in [2.05, 4.69) is 31.9 Å². The van der Waals surface area contributed by atoms with Crippen molar-refractivity contribution in [1.82, 2.24) is 29.7 Å². The largest absolute Gasteiger partial charge is 0.387 e. The van der Waals surface area contributed by atoms with Crippen molar-refractivity contribution in [2.45, 2.75) is 45.5 Å². The molecule has 0 bridgehead atoms. The molecule has 4 aromatic heterocycles. The van der Waals surface area contributed by atoms with Gasteiger partial charge in [-0.3, -0.25) is 4.79 Å². The first-order valence-corrected chi connectivity index (χ1v) is 10.8. The van der Waals surface area contributed by atoms with E-state index in [1.165, 1.54) is 26.2 Å². The number of aliphatic hydroxyl groups is 1. The molecule has 0 aromatic carbocycles. The molecule has 10 nitrogen and oxygen atoms in total. The second-order valence-corrected chi connectivity index (χ2v) is 8.90. The molecular formula is C23H25FN8O2. The zero-order valence-electron chi connectivity index (χ0n) is 19.2. The number of hydrogen-bond donors (Lipinski definition) is 3. The van der Waals surface area contributed by atoms with Crippen LogP contribution in [-0.2, 0) is 0 Å². The number of carbonyl (C=O) groups excluding carboxylic acids is 1. The van der Waals surface area contributed by atoms with Gasteiger partial charge < -0.3 is 15.7 Å². The van der Waals surface area contributed by atoms with E-state index in [-0.39, 0.29) is 18.2 Å². The Morgan fingerprint density at radius 3 is 2.71 bits per heavy atom. The van der Waals surface area contributed by atoms with Gasteiger partial charge >= 0.3 is 0 Å². The lowest BCUT2D eigenvalue weighted by Crippen LogP contribution is -2.42. The predicted molar refractivity (Wildman–Crippen MR) is 125 cm³/mol. The number of rotatable bonds is 7. The first-order chi connectivity index (χ1) is 16.1. The maximum Gasteiger partial charge on any atom is 0.255 e. The lowest BCUT2D eigenvalue weighted by Gasteiger charge is -2.23. The molecule has 4 rings (SSSR count). The fourth-order valence-corrected chi connectivity index (χ4v) is 3.47. The summed E-state index contributed by atoms with van der Waals surface area (Å²) in [6, 6.07) is 5.58. The van der Waals surface area contributed by atoms with E-state index in [1.54, 1.807) is 27.7 Å². The van der Waals surface area contributed by atoms with Gasteiger partial charge in [0.25, 0.3) is 5.91 Å². The Hall–Kier alpha value is -4.04. The fourth-order valence-electron chi connectivity index (χ4n) is 3.47. The van der Waals surface area contributed by atoms with Gasteiger partial charge in [0.05, 0.1) is 58.8 Å². The average molecular weight is 465 g/mol. The number of hydrogen-bond acceptors (Lipinski definition) is 7. The Bertz CT molecular complexity index is 1410. The Morgan fingerprint density at radius 1 is 1.26 bits per heavy atom. The highest BCUT2D eigenvalue weighted by atomic mass is 19.1. The molecule has 3 N–H and O–H groups in total. The molecule has 4 aromatic rings. The molecule has 0 radical (unpaired) electrons. The van der Waals surface area contributed by atoms with Crippen molar-refractivity contribution in [3.63, 3.8) is 0 Å². The fraction of sp³-hybridized carbons (Fsp3) is 0.348. The molecule has 34 heavy (non-hydrogen) atoms. The lowest BCUT2D eigenvalue weighted by atomic mass is 10.0. The van der Waals surface area contributed by atoms with Crippen molar-refractivity contribution >= 4 is 28.1 Å². The highest BCUT2D eigenvalue weighted by Gasteiger charge is 2.27. The Kier molecular flexibility index (Phi) is 5.93. The predicted octanol–water partition coefficient (Wildman–Crippen LogP) is 2.60. The summed E-state index contributed by atoms with van der Waals surface area (Å²) < 4.78 is 17.4. The summed E-state index contributed by atoms with van der Waals surface area (Å²) >= 11 is 0. The van der Waals surface area contributed by atoms with Gasteiger partial charge in [-0.1, -0.05) is 0 Å². The Labute approximate surface area is 195 Å². The minimum Gasteiger partial charge on any atom is -0.387 e. The van der Waals surface area contributed by atoms with Gasteiger partial charge in [0.15, 0.2) is 5.65 Å². The molecule has 176 valence electrons. The number of carbonyl (C=O) groups is 1. The molecule has 1 atom stereocenters. The maximum absolute atomic E-state index is 14.2. The molecule has 0 aliphatic rings. The monoisotopic (exact) mass is 464 g/mol. The van der Waals surface area contributed by atoms with Crippen molar-refractivity contribution in [2.75, 3.05) is 11.9 Å². The van der Waals surface area contributed by atoms with Gasteiger partial charge in [0, 0.05) is 17.6 Å². The van der Waals surface area contributed by atoms with Crippen LogP contribution in [-0.4, -0.2) is 59.8 Å². The smallest absolute Gasteiger partial charge is 0.255 e. The molecule has 0 spiro atoms. The summed E-state index contributed by atoms with van der Waals surface area (Å²) in [5.41, 5.74) is 1.50. The molecule has 11 heteroatoms. The van der Waals surface area contributed by atoms with Crippen LogP contribution in [0.4, 0.5) is 10.1 Å². The number of aromatic nitrogens is 5. The molecule has 4 heterocycles. The SMILES string of the molecule is CC(C)Nc1c(C(=O)NCC(F)C(C)(C)O)cnn2cc(-n3ncc4cc(C#N)cnc43)cc12. The molecular weight excluding hydrogens is 439 g/mol. The number of nitrogens with one attached hydrogen (secondary N) is 2. The Morgan fingerprint density at radius 2 is 2.03 bits per heavy atom. The van der Waals surface area contributed by atoms with Gasteiger partial charge in [-0.15, -0.1) is 0 Å². The number of anilines is 1. The average Bonchev–Trinajstić information content (AvgIpc) is 3.39. The third-order valence-corrected chi connectivity index (χ3v) is 5.29. The number of amides is 1. The van der Waals surface area contributed by atoms with E-state index in [0.29, 0.717) is 28.1 Å². The van der Waals surface area contributed by atoms with Crippen LogP contribution in [0.5, 0.6) is 0 Å². The molecule has 0 aliphatic carbocycles. The van der Waals surface area contributed by atoms with Crippen LogP contribution in [0, 0.1) is 11.3 Å². The van der Waals surface area contributed by atoms with E-state index in [4.69, 9.17) is 5.26 Å². The number of alkyl halides is 1. The zero-order chi connectivity index (χ0) is 24.6. The minimum atomic E-state index is -1.63. The molecule has 0 saturated carbocycles. The number of fused-ring (bicyclic) bond motifs is 2. The maximum atomic E-state index is 14.2.